The van der Waals surface area contributed by atoms with Crippen molar-refractivity contribution in [3.63, 3.8) is 0 Å². The van der Waals surface area contributed by atoms with Gasteiger partial charge < -0.3 is 15.1 Å². The number of likely N-dealkylation sites (tertiary alicyclic amines) is 1. The molecule has 154 valence electrons. The highest BCUT2D eigenvalue weighted by Gasteiger charge is 2.45. The van der Waals surface area contributed by atoms with Crippen LogP contribution >= 0.6 is 11.8 Å². The number of thioether (sulfide) groups is 1. The summed E-state index contributed by atoms with van der Waals surface area (Å²) in [5.74, 6) is 1.71. The van der Waals surface area contributed by atoms with Crippen LogP contribution in [0, 0.1) is 11.8 Å². The average Bonchev–Trinajstić information content (AvgIpc) is 3.40. The highest BCUT2D eigenvalue weighted by molar-refractivity contribution is 8.00. The van der Waals surface area contributed by atoms with Crippen molar-refractivity contribution in [1.29, 1.82) is 0 Å². The van der Waals surface area contributed by atoms with E-state index in [9.17, 15) is 9.59 Å². The second-order valence-electron chi connectivity index (χ2n) is 8.98. The van der Waals surface area contributed by atoms with E-state index in [1.807, 2.05) is 4.90 Å². The van der Waals surface area contributed by atoms with Crippen molar-refractivity contribution < 1.29 is 9.59 Å². The third-order valence-electron chi connectivity index (χ3n) is 6.11. The first-order chi connectivity index (χ1) is 13.0. The quantitative estimate of drug-likeness (QED) is 0.642. The molecule has 1 aliphatic carbocycles. The summed E-state index contributed by atoms with van der Waals surface area (Å²) in [7, 11) is 0. The van der Waals surface area contributed by atoms with Gasteiger partial charge in [-0.1, -0.05) is 20.3 Å². The molecule has 1 saturated carbocycles. The molecule has 3 fully saturated rings. The van der Waals surface area contributed by atoms with Crippen molar-refractivity contribution in [3.8, 4) is 0 Å². The van der Waals surface area contributed by atoms with Crippen LogP contribution in [-0.2, 0) is 9.59 Å². The molecule has 0 spiro atoms. The van der Waals surface area contributed by atoms with Gasteiger partial charge in [0.25, 0.3) is 0 Å². The summed E-state index contributed by atoms with van der Waals surface area (Å²) in [4.78, 5) is 30.1. The first-order valence-corrected chi connectivity index (χ1v) is 12.0. The van der Waals surface area contributed by atoms with Crippen LogP contribution in [0.5, 0.6) is 0 Å². The van der Waals surface area contributed by atoms with Gasteiger partial charge in [-0.2, -0.15) is 0 Å². The predicted octanol–water partition coefficient (Wildman–Crippen LogP) is 3.09. The highest BCUT2D eigenvalue weighted by Crippen LogP contribution is 2.39. The molecule has 0 aromatic heterocycles. The maximum Gasteiger partial charge on any atom is 0.243 e. The van der Waals surface area contributed by atoms with Gasteiger partial charge in [0.15, 0.2) is 0 Å². The van der Waals surface area contributed by atoms with E-state index < -0.39 is 0 Å². The zero-order valence-electron chi connectivity index (χ0n) is 17.3. The van der Waals surface area contributed by atoms with E-state index in [1.165, 1.54) is 25.8 Å². The summed E-state index contributed by atoms with van der Waals surface area (Å²) >= 11 is 1.79. The van der Waals surface area contributed by atoms with Crippen molar-refractivity contribution in [2.75, 3.05) is 25.4 Å². The fourth-order valence-electron chi connectivity index (χ4n) is 4.29. The minimum Gasteiger partial charge on any atom is -0.354 e. The van der Waals surface area contributed by atoms with E-state index in [0.29, 0.717) is 18.5 Å². The molecule has 5 nitrogen and oxygen atoms in total. The first-order valence-electron chi connectivity index (χ1n) is 10.9. The van der Waals surface area contributed by atoms with Crippen LogP contribution in [0.25, 0.3) is 0 Å². The Balaban J connectivity index is 1.47. The molecule has 3 rings (SSSR count). The Hall–Kier alpha value is -0.750. The predicted molar refractivity (Wildman–Crippen MR) is 112 cm³/mol. The van der Waals surface area contributed by atoms with Crippen molar-refractivity contribution in [1.82, 2.24) is 15.1 Å². The highest BCUT2D eigenvalue weighted by atomic mass is 32.2. The van der Waals surface area contributed by atoms with E-state index in [-0.39, 0.29) is 29.1 Å². The van der Waals surface area contributed by atoms with Crippen LogP contribution < -0.4 is 5.32 Å². The second-order valence-corrected chi connectivity index (χ2v) is 10.2. The van der Waals surface area contributed by atoms with Gasteiger partial charge in [0.2, 0.25) is 11.8 Å². The summed E-state index contributed by atoms with van der Waals surface area (Å²) in [6.45, 7) is 9.65. The van der Waals surface area contributed by atoms with E-state index in [2.05, 4.69) is 31.0 Å². The fourth-order valence-corrected chi connectivity index (χ4v) is 5.94. The van der Waals surface area contributed by atoms with Crippen LogP contribution in [-0.4, -0.2) is 64.5 Å². The lowest BCUT2D eigenvalue weighted by Crippen LogP contribution is -2.51. The molecular formula is C21H37N3O2S. The molecule has 0 aromatic rings. The zero-order chi connectivity index (χ0) is 19.4. The third kappa shape index (κ3) is 5.63. The van der Waals surface area contributed by atoms with Gasteiger partial charge in [-0.15, -0.1) is 11.8 Å². The van der Waals surface area contributed by atoms with Crippen molar-refractivity contribution in [2.24, 2.45) is 11.8 Å². The van der Waals surface area contributed by atoms with Gasteiger partial charge in [0.05, 0.1) is 5.37 Å². The van der Waals surface area contributed by atoms with Gasteiger partial charge in [-0.3, -0.25) is 9.59 Å². The first kappa shape index (κ1) is 21.0. The lowest BCUT2D eigenvalue weighted by Gasteiger charge is -2.33. The molecule has 2 aliphatic heterocycles. The summed E-state index contributed by atoms with van der Waals surface area (Å²) in [6, 6.07) is 0.393. The summed E-state index contributed by atoms with van der Waals surface area (Å²) in [6.07, 6.45) is 7.89. The van der Waals surface area contributed by atoms with Crippen LogP contribution in [0.2, 0.25) is 0 Å². The molecule has 2 saturated heterocycles. The Morgan fingerprint density at radius 1 is 1.19 bits per heavy atom. The topological polar surface area (TPSA) is 52.7 Å². The molecule has 0 bridgehead atoms. The molecule has 6 heteroatoms. The zero-order valence-corrected chi connectivity index (χ0v) is 18.1. The van der Waals surface area contributed by atoms with E-state index in [1.54, 1.807) is 11.8 Å². The maximum atomic E-state index is 12.8. The summed E-state index contributed by atoms with van der Waals surface area (Å²) in [5.41, 5.74) is 0. The standard InChI is InChI=1S/C21H37N3O2S/c1-15(2)13-19-24(21(26)17-8-9-17)18(14-27-19)20(25)22-10-6-12-23-11-5-4-7-16(23)3/h15-19H,4-14H2,1-3H3,(H,22,25). The minimum atomic E-state index is -0.277. The molecule has 1 N–H and O–H groups in total. The molecule has 3 atom stereocenters. The number of carbonyl (C=O) groups excluding carboxylic acids is 2. The lowest BCUT2D eigenvalue weighted by molar-refractivity contribution is -0.141. The van der Waals surface area contributed by atoms with Crippen LogP contribution in [0.15, 0.2) is 0 Å². The number of rotatable bonds is 8. The SMILES string of the molecule is CC(C)CC1SCC(C(=O)NCCCN2CCCCC2C)N1C(=O)C1CC1. The molecule has 3 aliphatic rings. The average molecular weight is 396 g/mol. The number of piperidine rings is 1. The maximum absolute atomic E-state index is 12.8. The number of nitrogens with one attached hydrogen (secondary N) is 1. The van der Waals surface area contributed by atoms with Gasteiger partial charge in [0, 0.05) is 30.8 Å². The van der Waals surface area contributed by atoms with Gasteiger partial charge in [-0.05, 0) is 57.9 Å². The molecule has 0 radical (unpaired) electrons. The van der Waals surface area contributed by atoms with Gasteiger partial charge in [0.1, 0.15) is 6.04 Å². The fraction of sp³-hybridized carbons (Fsp3) is 0.905. The Bertz CT molecular complexity index is 524. The molecular weight excluding hydrogens is 358 g/mol. The normalized spacial score (nSPS) is 29.3. The number of hydrogen-bond acceptors (Lipinski definition) is 4. The van der Waals surface area contributed by atoms with E-state index >= 15 is 0 Å². The van der Waals surface area contributed by atoms with Gasteiger partial charge >= 0.3 is 0 Å². The monoisotopic (exact) mass is 395 g/mol. The van der Waals surface area contributed by atoms with Gasteiger partial charge in [-0.25, -0.2) is 0 Å². The number of nitrogens with zero attached hydrogens (tertiary/aromatic N) is 2. The molecule has 27 heavy (non-hydrogen) atoms. The number of amides is 2. The number of hydrogen-bond donors (Lipinski definition) is 1. The van der Waals surface area contributed by atoms with Crippen LogP contribution in [0.3, 0.4) is 0 Å². The molecule has 2 amide bonds. The second kappa shape index (κ2) is 9.64. The minimum absolute atomic E-state index is 0.0504. The van der Waals surface area contributed by atoms with E-state index in [0.717, 1.165) is 38.0 Å². The van der Waals surface area contributed by atoms with E-state index in [4.69, 9.17) is 0 Å². The van der Waals surface area contributed by atoms with Crippen LogP contribution in [0.4, 0.5) is 0 Å². The number of carbonyl (C=O) groups is 2. The summed E-state index contributed by atoms with van der Waals surface area (Å²) < 4.78 is 0. The van der Waals surface area contributed by atoms with Crippen molar-refractivity contribution in [2.45, 2.75) is 83.2 Å². The smallest absolute Gasteiger partial charge is 0.243 e. The molecule has 3 unspecified atom stereocenters. The third-order valence-corrected chi connectivity index (χ3v) is 7.42. The van der Waals surface area contributed by atoms with Crippen molar-refractivity contribution in [3.05, 3.63) is 0 Å². The van der Waals surface area contributed by atoms with Crippen LogP contribution in [0.1, 0.15) is 65.7 Å². The Labute approximate surface area is 169 Å². The Morgan fingerprint density at radius 2 is 1.96 bits per heavy atom. The van der Waals surface area contributed by atoms with Crippen molar-refractivity contribution >= 4 is 23.6 Å². The molecule has 0 aromatic carbocycles. The summed E-state index contributed by atoms with van der Waals surface area (Å²) in [5, 5.41) is 3.29. The largest absolute Gasteiger partial charge is 0.354 e. The molecule has 2 heterocycles. The Kier molecular flexibility index (Phi) is 7.49. The lowest BCUT2D eigenvalue weighted by atomic mass is 10.0. The Morgan fingerprint density at radius 3 is 2.63 bits per heavy atom.